The Morgan fingerprint density at radius 2 is 1.22 bits per heavy atom. The first-order chi connectivity index (χ1) is 10.8. The van der Waals surface area contributed by atoms with Gasteiger partial charge >= 0.3 is 0 Å². The van der Waals surface area contributed by atoms with Crippen molar-refractivity contribution in [2.75, 3.05) is 5.73 Å². The molecule has 1 rings (SSSR count). The lowest BCUT2D eigenvalue weighted by atomic mass is 10.00. The summed E-state index contributed by atoms with van der Waals surface area (Å²) in [6, 6.07) is 6.31. The van der Waals surface area contributed by atoms with E-state index in [4.69, 9.17) is 5.73 Å². The Balaban J connectivity index is 0.00000484. The number of unbranched alkanes of at least 4 members (excludes halogenated alkanes) is 11. The van der Waals surface area contributed by atoms with Crippen LogP contribution in [0, 0.1) is 6.92 Å². The summed E-state index contributed by atoms with van der Waals surface area (Å²) < 4.78 is 0. The van der Waals surface area contributed by atoms with Gasteiger partial charge in [-0.25, -0.2) is 0 Å². The topological polar surface area (TPSA) is 26.0 Å². The molecule has 0 amide bonds. The van der Waals surface area contributed by atoms with Crippen molar-refractivity contribution in [3.8, 4) is 0 Å². The molecule has 1 nitrogen and oxygen atoms in total. The van der Waals surface area contributed by atoms with Crippen molar-refractivity contribution in [1.82, 2.24) is 0 Å². The summed E-state index contributed by atoms with van der Waals surface area (Å²) in [5.74, 6) is 0. The highest BCUT2D eigenvalue weighted by molar-refractivity contribution is 5.85. The van der Waals surface area contributed by atoms with Crippen LogP contribution < -0.4 is 5.73 Å². The summed E-state index contributed by atoms with van der Waals surface area (Å²) in [7, 11) is 0. The monoisotopic (exact) mass is 339 g/mol. The number of halogens is 1. The summed E-state index contributed by atoms with van der Waals surface area (Å²) in [6.07, 6.45) is 18.1. The molecule has 0 aromatic heterocycles. The highest BCUT2D eigenvalue weighted by Crippen LogP contribution is 2.18. The van der Waals surface area contributed by atoms with Gasteiger partial charge in [0, 0.05) is 5.69 Å². The third-order valence-electron chi connectivity index (χ3n) is 4.79. The summed E-state index contributed by atoms with van der Waals surface area (Å²) in [5.41, 5.74) is 9.62. The van der Waals surface area contributed by atoms with Gasteiger partial charge in [0.05, 0.1) is 0 Å². The van der Waals surface area contributed by atoms with Gasteiger partial charge in [-0.1, -0.05) is 89.7 Å². The van der Waals surface area contributed by atoms with Gasteiger partial charge in [-0.3, -0.25) is 0 Å². The van der Waals surface area contributed by atoms with Crippen molar-refractivity contribution in [2.45, 2.75) is 97.3 Å². The molecule has 0 atom stereocenters. The largest absolute Gasteiger partial charge is 0.399 e. The second-order valence-electron chi connectivity index (χ2n) is 6.77. The molecule has 134 valence electrons. The van der Waals surface area contributed by atoms with Gasteiger partial charge in [0.15, 0.2) is 0 Å². The van der Waals surface area contributed by atoms with Crippen LogP contribution in [0.4, 0.5) is 5.69 Å². The number of benzene rings is 1. The van der Waals surface area contributed by atoms with E-state index in [0.717, 1.165) is 5.69 Å². The maximum Gasteiger partial charge on any atom is 0.0346 e. The average Bonchev–Trinajstić information content (AvgIpc) is 2.52. The molecule has 23 heavy (non-hydrogen) atoms. The molecule has 0 unspecified atom stereocenters. The molecule has 0 saturated heterocycles. The lowest BCUT2D eigenvalue weighted by Crippen LogP contribution is -1.95. The summed E-state index contributed by atoms with van der Waals surface area (Å²) in [6.45, 7) is 4.43. The van der Waals surface area contributed by atoms with E-state index in [0.29, 0.717) is 0 Å². The highest BCUT2D eigenvalue weighted by Gasteiger charge is 2.01. The fourth-order valence-corrected chi connectivity index (χ4v) is 3.13. The van der Waals surface area contributed by atoms with Crippen molar-refractivity contribution >= 4 is 18.1 Å². The molecule has 0 saturated carbocycles. The fourth-order valence-electron chi connectivity index (χ4n) is 3.13. The molecular weight excluding hydrogens is 302 g/mol. The molecular formula is C21H38ClN. The van der Waals surface area contributed by atoms with Crippen LogP contribution in [0.5, 0.6) is 0 Å². The standard InChI is InChI=1S/C21H37N.ClH/c1-3-4-5-6-7-8-9-10-11-12-13-14-16-20-17-15-18-21(22)19(20)2;/h15,17-18H,3-14,16,22H2,1-2H3;1H. The molecule has 0 aliphatic heterocycles. The van der Waals surface area contributed by atoms with Crippen LogP contribution in [0.15, 0.2) is 18.2 Å². The predicted molar refractivity (Wildman–Crippen MR) is 108 cm³/mol. The molecule has 2 N–H and O–H groups in total. The van der Waals surface area contributed by atoms with Crippen LogP contribution in [0.1, 0.15) is 95.1 Å². The fraction of sp³-hybridized carbons (Fsp3) is 0.714. The van der Waals surface area contributed by atoms with Gasteiger partial charge in [-0.15, -0.1) is 12.4 Å². The zero-order valence-electron chi connectivity index (χ0n) is 15.4. The van der Waals surface area contributed by atoms with E-state index in [1.807, 2.05) is 6.07 Å². The van der Waals surface area contributed by atoms with E-state index in [9.17, 15) is 0 Å². The van der Waals surface area contributed by atoms with E-state index < -0.39 is 0 Å². The number of anilines is 1. The molecule has 0 aliphatic carbocycles. The minimum absolute atomic E-state index is 0. The maximum absolute atomic E-state index is 5.96. The normalized spacial score (nSPS) is 10.5. The third-order valence-corrected chi connectivity index (χ3v) is 4.79. The van der Waals surface area contributed by atoms with Gasteiger partial charge in [0.2, 0.25) is 0 Å². The van der Waals surface area contributed by atoms with Gasteiger partial charge in [0.1, 0.15) is 0 Å². The molecule has 1 aromatic carbocycles. The van der Waals surface area contributed by atoms with Crippen molar-refractivity contribution in [2.24, 2.45) is 0 Å². The lowest BCUT2D eigenvalue weighted by molar-refractivity contribution is 0.544. The van der Waals surface area contributed by atoms with Crippen molar-refractivity contribution in [1.29, 1.82) is 0 Å². The van der Waals surface area contributed by atoms with E-state index in [1.165, 1.54) is 94.6 Å². The molecule has 0 aliphatic rings. The number of nitrogens with two attached hydrogens (primary N) is 1. The number of rotatable bonds is 13. The molecule has 1 aromatic rings. The van der Waals surface area contributed by atoms with Crippen molar-refractivity contribution in [3.63, 3.8) is 0 Å². The Hall–Kier alpha value is -0.690. The Bertz CT molecular complexity index is 389. The Morgan fingerprint density at radius 3 is 1.74 bits per heavy atom. The maximum atomic E-state index is 5.96. The summed E-state index contributed by atoms with van der Waals surface area (Å²) in [5, 5.41) is 0. The second-order valence-corrected chi connectivity index (χ2v) is 6.77. The number of nitrogen functional groups attached to an aromatic ring is 1. The molecule has 0 radical (unpaired) electrons. The van der Waals surface area contributed by atoms with Crippen LogP contribution in [0.25, 0.3) is 0 Å². The van der Waals surface area contributed by atoms with E-state index in [-0.39, 0.29) is 12.4 Å². The first-order valence-electron chi connectivity index (χ1n) is 9.59. The zero-order valence-corrected chi connectivity index (χ0v) is 16.2. The van der Waals surface area contributed by atoms with Crippen LogP contribution in [-0.2, 0) is 6.42 Å². The third kappa shape index (κ3) is 10.7. The lowest BCUT2D eigenvalue weighted by Gasteiger charge is -2.08. The molecule has 0 heterocycles. The molecule has 0 spiro atoms. The SMILES string of the molecule is CCCCCCCCCCCCCCc1cccc(N)c1C.Cl. The van der Waals surface area contributed by atoms with Gasteiger partial charge in [0.25, 0.3) is 0 Å². The highest BCUT2D eigenvalue weighted by atomic mass is 35.5. The van der Waals surface area contributed by atoms with Crippen molar-refractivity contribution in [3.05, 3.63) is 29.3 Å². The summed E-state index contributed by atoms with van der Waals surface area (Å²) in [4.78, 5) is 0. The smallest absolute Gasteiger partial charge is 0.0346 e. The average molecular weight is 340 g/mol. The van der Waals surface area contributed by atoms with Gasteiger partial charge in [-0.2, -0.15) is 0 Å². The van der Waals surface area contributed by atoms with Gasteiger partial charge < -0.3 is 5.73 Å². The second kappa shape index (κ2) is 14.9. The number of hydrogen-bond acceptors (Lipinski definition) is 1. The number of aryl methyl sites for hydroxylation is 1. The predicted octanol–water partition coefficient (Wildman–Crippen LogP) is 7.24. The Labute approximate surface area is 150 Å². The first-order valence-corrected chi connectivity index (χ1v) is 9.59. The van der Waals surface area contributed by atoms with Crippen LogP contribution in [0.3, 0.4) is 0 Å². The van der Waals surface area contributed by atoms with Gasteiger partial charge in [-0.05, 0) is 37.0 Å². The molecule has 0 bridgehead atoms. The quantitative estimate of drug-likeness (QED) is 0.297. The Kier molecular flexibility index (Phi) is 14.4. The van der Waals surface area contributed by atoms with E-state index >= 15 is 0 Å². The van der Waals surface area contributed by atoms with E-state index in [1.54, 1.807) is 0 Å². The van der Waals surface area contributed by atoms with Crippen molar-refractivity contribution < 1.29 is 0 Å². The zero-order chi connectivity index (χ0) is 16.0. The molecule has 0 fully saturated rings. The number of hydrogen-bond donors (Lipinski definition) is 1. The Morgan fingerprint density at radius 1 is 0.739 bits per heavy atom. The summed E-state index contributed by atoms with van der Waals surface area (Å²) >= 11 is 0. The van der Waals surface area contributed by atoms with E-state index in [2.05, 4.69) is 26.0 Å². The van der Waals surface area contributed by atoms with Crippen LogP contribution >= 0.6 is 12.4 Å². The minimum atomic E-state index is 0. The van der Waals surface area contributed by atoms with Crippen LogP contribution in [0.2, 0.25) is 0 Å². The minimum Gasteiger partial charge on any atom is -0.399 e. The first kappa shape index (κ1) is 22.3. The van der Waals surface area contributed by atoms with Crippen LogP contribution in [-0.4, -0.2) is 0 Å². The molecule has 2 heteroatoms.